The number of ether oxygens (including phenoxy) is 1. The minimum absolute atomic E-state index is 0.0541. The Balaban J connectivity index is 1.48. The van der Waals surface area contributed by atoms with Crippen molar-refractivity contribution in [3.63, 3.8) is 0 Å². The van der Waals surface area contributed by atoms with Crippen molar-refractivity contribution in [1.82, 2.24) is 9.88 Å². The number of nitrogens with zero attached hydrogens (tertiary/aromatic N) is 2. The number of likely N-dealkylation sites (N-methyl/N-ethyl adjacent to an activating group) is 1. The predicted molar refractivity (Wildman–Crippen MR) is 89.8 cm³/mol. The molecule has 1 aromatic carbocycles. The third-order valence-electron chi connectivity index (χ3n) is 3.53. The van der Waals surface area contributed by atoms with Crippen LogP contribution in [-0.4, -0.2) is 41.2 Å². The molecule has 3 rings (SSSR count). The summed E-state index contributed by atoms with van der Waals surface area (Å²) in [5.41, 5.74) is 2.23. The summed E-state index contributed by atoms with van der Waals surface area (Å²) >= 11 is 3.08. The molecule has 1 aliphatic heterocycles. The van der Waals surface area contributed by atoms with Crippen LogP contribution in [0.15, 0.2) is 34.0 Å². The van der Waals surface area contributed by atoms with Gasteiger partial charge in [-0.15, -0.1) is 11.3 Å². The minimum atomic E-state index is 0.0541. The van der Waals surface area contributed by atoms with Crippen LogP contribution < -0.4 is 4.74 Å². The average Bonchev–Trinajstić information content (AvgIpc) is 3.09. The number of aryl methyl sites for hydroxylation is 1. The topological polar surface area (TPSA) is 42.4 Å². The van der Waals surface area contributed by atoms with Gasteiger partial charge in [-0.1, -0.05) is 30.0 Å². The molecule has 0 saturated carbocycles. The molecule has 6 heteroatoms. The maximum Gasteiger partial charge on any atom is 0.232 e. The zero-order valence-electron chi connectivity index (χ0n) is 12.6. The van der Waals surface area contributed by atoms with E-state index in [9.17, 15) is 4.79 Å². The molecular formula is C16H18N2O2S2. The molecule has 0 N–H and O–H groups in total. The molecule has 0 unspecified atom stereocenters. The molecule has 1 aliphatic rings. The Labute approximate surface area is 138 Å². The van der Waals surface area contributed by atoms with Gasteiger partial charge in [-0.05, 0) is 18.6 Å². The highest BCUT2D eigenvalue weighted by Crippen LogP contribution is 2.28. The largest absolute Gasteiger partial charge is 0.488 e. The molecule has 22 heavy (non-hydrogen) atoms. The van der Waals surface area contributed by atoms with E-state index in [0.717, 1.165) is 22.2 Å². The number of thioether (sulfide) groups is 1. The lowest BCUT2D eigenvalue weighted by atomic mass is 10.1. The van der Waals surface area contributed by atoms with Crippen molar-refractivity contribution in [1.29, 1.82) is 0 Å². The smallest absolute Gasteiger partial charge is 0.232 e. The van der Waals surface area contributed by atoms with Gasteiger partial charge in [0.25, 0.3) is 0 Å². The van der Waals surface area contributed by atoms with E-state index in [4.69, 9.17) is 4.74 Å². The highest BCUT2D eigenvalue weighted by Gasteiger charge is 2.25. The minimum Gasteiger partial charge on any atom is -0.488 e. The molecule has 1 atom stereocenters. The fraction of sp³-hybridized carbons (Fsp3) is 0.375. The van der Waals surface area contributed by atoms with Gasteiger partial charge in [0.2, 0.25) is 5.91 Å². The summed E-state index contributed by atoms with van der Waals surface area (Å²) in [6.07, 6.45) is 0.922. The standard InChI is InChI=1S/C16H18N2O2S2/c1-11-9-21-16(17-11)22-10-15(19)18(2)8-13-7-12-5-3-4-6-14(12)20-13/h3-6,9,13H,7-8,10H2,1-2H3/t13-/m1/s1. The summed E-state index contributed by atoms with van der Waals surface area (Å²) in [5, 5.41) is 2.00. The monoisotopic (exact) mass is 334 g/mol. The van der Waals surface area contributed by atoms with E-state index in [1.54, 1.807) is 16.2 Å². The van der Waals surface area contributed by atoms with E-state index in [1.165, 1.54) is 17.3 Å². The molecule has 1 amide bonds. The highest BCUT2D eigenvalue weighted by atomic mass is 32.2. The number of thiazole rings is 1. The molecule has 116 valence electrons. The molecule has 0 fully saturated rings. The summed E-state index contributed by atoms with van der Waals surface area (Å²) in [4.78, 5) is 18.3. The van der Waals surface area contributed by atoms with E-state index >= 15 is 0 Å². The van der Waals surface area contributed by atoms with Crippen molar-refractivity contribution in [2.45, 2.75) is 23.8 Å². The second kappa shape index (κ2) is 6.71. The van der Waals surface area contributed by atoms with Crippen LogP contribution in [0.4, 0.5) is 0 Å². The molecular weight excluding hydrogens is 316 g/mol. The van der Waals surface area contributed by atoms with Gasteiger partial charge in [-0.25, -0.2) is 4.98 Å². The first-order valence-corrected chi connectivity index (χ1v) is 9.02. The number of para-hydroxylation sites is 1. The number of aromatic nitrogens is 1. The van der Waals surface area contributed by atoms with Crippen molar-refractivity contribution in [2.75, 3.05) is 19.3 Å². The van der Waals surface area contributed by atoms with Gasteiger partial charge in [0.05, 0.1) is 12.3 Å². The van der Waals surface area contributed by atoms with Crippen LogP contribution in [-0.2, 0) is 11.2 Å². The molecule has 0 saturated heterocycles. The number of hydrogen-bond acceptors (Lipinski definition) is 5. The Morgan fingerprint density at radius 2 is 2.32 bits per heavy atom. The van der Waals surface area contributed by atoms with Crippen molar-refractivity contribution < 1.29 is 9.53 Å². The second-order valence-electron chi connectivity index (χ2n) is 5.37. The molecule has 4 nitrogen and oxygen atoms in total. The van der Waals surface area contributed by atoms with Crippen LogP contribution in [0, 0.1) is 6.92 Å². The Morgan fingerprint density at radius 1 is 1.50 bits per heavy atom. The SMILES string of the molecule is Cc1csc(SCC(=O)N(C)C[C@H]2Cc3ccccc3O2)n1. The van der Waals surface area contributed by atoms with E-state index in [2.05, 4.69) is 11.1 Å². The zero-order chi connectivity index (χ0) is 15.5. The molecule has 0 radical (unpaired) electrons. The number of benzene rings is 1. The van der Waals surface area contributed by atoms with E-state index in [0.29, 0.717) is 12.3 Å². The fourth-order valence-electron chi connectivity index (χ4n) is 2.40. The van der Waals surface area contributed by atoms with E-state index in [1.807, 2.05) is 37.6 Å². The number of hydrogen-bond donors (Lipinski definition) is 0. The Hall–Kier alpha value is -1.53. The van der Waals surface area contributed by atoms with Crippen LogP contribution in [0.1, 0.15) is 11.3 Å². The van der Waals surface area contributed by atoms with Crippen molar-refractivity contribution in [2.24, 2.45) is 0 Å². The molecule has 1 aromatic heterocycles. The summed E-state index contributed by atoms with van der Waals surface area (Å²) in [7, 11) is 1.84. The third-order valence-corrected chi connectivity index (χ3v) is 5.66. The number of amides is 1. The summed E-state index contributed by atoms with van der Waals surface area (Å²) in [6, 6.07) is 8.06. The number of fused-ring (bicyclic) bond motifs is 1. The predicted octanol–water partition coefficient (Wildman–Crippen LogP) is 3.01. The van der Waals surface area contributed by atoms with Crippen LogP contribution >= 0.6 is 23.1 Å². The first-order valence-electron chi connectivity index (χ1n) is 7.15. The van der Waals surface area contributed by atoms with Gasteiger partial charge < -0.3 is 9.64 Å². The number of rotatable bonds is 5. The highest BCUT2D eigenvalue weighted by molar-refractivity contribution is 8.01. The average molecular weight is 334 g/mol. The van der Waals surface area contributed by atoms with Crippen molar-refractivity contribution in [3.8, 4) is 5.75 Å². The number of carbonyl (C=O) groups excluding carboxylic acids is 1. The third kappa shape index (κ3) is 3.62. The lowest BCUT2D eigenvalue weighted by Gasteiger charge is -2.20. The van der Waals surface area contributed by atoms with Crippen LogP contribution in [0.25, 0.3) is 0 Å². The van der Waals surface area contributed by atoms with Gasteiger partial charge in [-0.3, -0.25) is 4.79 Å². The van der Waals surface area contributed by atoms with Crippen LogP contribution in [0.3, 0.4) is 0 Å². The van der Waals surface area contributed by atoms with Gasteiger partial charge in [0, 0.05) is 24.5 Å². The van der Waals surface area contributed by atoms with Crippen molar-refractivity contribution >= 4 is 29.0 Å². The lowest BCUT2D eigenvalue weighted by Crippen LogP contribution is -2.37. The maximum absolute atomic E-state index is 12.2. The summed E-state index contributed by atoms with van der Waals surface area (Å²) < 4.78 is 6.83. The summed E-state index contributed by atoms with van der Waals surface area (Å²) in [6.45, 7) is 2.58. The van der Waals surface area contributed by atoms with Crippen molar-refractivity contribution in [3.05, 3.63) is 40.9 Å². The normalized spacial score (nSPS) is 16.2. The van der Waals surface area contributed by atoms with Crippen LogP contribution in [0.2, 0.25) is 0 Å². The van der Waals surface area contributed by atoms with Gasteiger partial charge in [0.1, 0.15) is 11.9 Å². The number of carbonyl (C=O) groups is 1. The van der Waals surface area contributed by atoms with E-state index < -0.39 is 0 Å². The first kappa shape index (κ1) is 15.4. The molecule has 0 bridgehead atoms. The first-order chi connectivity index (χ1) is 10.6. The molecule has 2 heterocycles. The van der Waals surface area contributed by atoms with Gasteiger partial charge >= 0.3 is 0 Å². The Morgan fingerprint density at radius 3 is 3.05 bits per heavy atom. The van der Waals surface area contributed by atoms with Gasteiger partial charge in [0.15, 0.2) is 4.34 Å². The molecule has 0 spiro atoms. The lowest BCUT2D eigenvalue weighted by molar-refractivity contribution is -0.128. The Bertz CT molecular complexity index is 647. The zero-order valence-corrected chi connectivity index (χ0v) is 14.2. The fourth-order valence-corrected chi connectivity index (χ4v) is 4.19. The quantitative estimate of drug-likeness (QED) is 0.788. The Kier molecular flexibility index (Phi) is 4.69. The molecule has 2 aromatic rings. The van der Waals surface area contributed by atoms with Crippen LogP contribution in [0.5, 0.6) is 5.75 Å². The van der Waals surface area contributed by atoms with Gasteiger partial charge in [-0.2, -0.15) is 0 Å². The van der Waals surface area contributed by atoms with E-state index in [-0.39, 0.29) is 12.0 Å². The second-order valence-corrected chi connectivity index (χ2v) is 7.45. The molecule has 0 aliphatic carbocycles. The summed E-state index contributed by atoms with van der Waals surface area (Å²) in [5.74, 6) is 1.47. The maximum atomic E-state index is 12.2.